The molecule has 1 amide bonds. The maximum atomic E-state index is 11.9. The number of aliphatic hydroxyl groups is 1. The number of carbonyl (C=O) groups excluding carboxylic acids is 2. The van der Waals surface area contributed by atoms with Gasteiger partial charge in [-0.15, -0.1) is 0 Å². The summed E-state index contributed by atoms with van der Waals surface area (Å²) in [6.07, 6.45) is -1.27. The van der Waals surface area contributed by atoms with Gasteiger partial charge in [0.1, 0.15) is 17.7 Å². The van der Waals surface area contributed by atoms with E-state index in [2.05, 4.69) is 5.32 Å². The minimum absolute atomic E-state index is 0.147. The van der Waals surface area contributed by atoms with E-state index in [-0.39, 0.29) is 12.5 Å². The van der Waals surface area contributed by atoms with Gasteiger partial charge in [-0.1, -0.05) is 13.8 Å². The Balaban J connectivity index is 4.58. The summed E-state index contributed by atoms with van der Waals surface area (Å²) in [4.78, 5) is 23.5. The van der Waals surface area contributed by atoms with Gasteiger partial charge in [0.05, 0.1) is 6.61 Å². The third kappa shape index (κ3) is 7.66. The molecule has 2 atom stereocenters. The molecule has 6 heteroatoms. The molecule has 1 unspecified atom stereocenters. The number of nitrogens with one attached hydrogen (secondary N) is 1. The molecule has 0 aromatic heterocycles. The van der Waals surface area contributed by atoms with Gasteiger partial charge in [-0.3, -0.25) is 0 Å². The maximum Gasteiger partial charge on any atom is 0.408 e. The number of hydrogen-bond donors (Lipinski definition) is 2. The van der Waals surface area contributed by atoms with Gasteiger partial charge in [0, 0.05) is 0 Å². The highest BCUT2D eigenvalue weighted by atomic mass is 16.6. The van der Waals surface area contributed by atoms with Gasteiger partial charge < -0.3 is 19.9 Å². The summed E-state index contributed by atoms with van der Waals surface area (Å²) in [5.74, 6) is -0.728. The zero-order valence-electron chi connectivity index (χ0n) is 12.5. The molecule has 0 aromatic rings. The van der Waals surface area contributed by atoms with Gasteiger partial charge in [0.2, 0.25) is 0 Å². The normalized spacial score (nSPS) is 14.7. The van der Waals surface area contributed by atoms with E-state index in [1.54, 1.807) is 41.5 Å². The van der Waals surface area contributed by atoms with Crippen molar-refractivity contribution in [3.05, 3.63) is 0 Å². The predicted octanol–water partition coefficient (Wildman–Crippen LogP) is 1.46. The van der Waals surface area contributed by atoms with Crippen LogP contribution in [0.4, 0.5) is 4.79 Å². The van der Waals surface area contributed by atoms with Crippen LogP contribution < -0.4 is 5.32 Å². The first-order chi connectivity index (χ1) is 8.56. The summed E-state index contributed by atoms with van der Waals surface area (Å²) >= 11 is 0. The van der Waals surface area contributed by atoms with Gasteiger partial charge in [0.25, 0.3) is 0 Å². The standard InChI is InChI=1S/C13H25NO5/c1-8(2)10(11(16)18-9(3)7-15)14-12(17)19-13(4,5)6/h8-10,15H,7H2,1-6H3,(H,14,17)/t9?,10-/m0/s1. The molecule has 112 valence electrons. The van der Waals surface area contributed by atoms with Crippen LogP contribution in [-0.2, 0) is 14.3 Å². The first-order valence-corrected chi connectivity index (χ1v) is 6.37. The van der Waals surface area contributed by atoms with E-state index >= 15 is 0 Å². The number of amides is 1. The van der Waals surface area contributed by atoms with Crippen LogP contribution in [0.5, 0.6) is 0 Å². The van der Waals surface area contributed by atoms with E-state index in [9.17, 15) is 9.59 Å². The molecule has 6 nitrogen and oxygen atoms in total. The second-order valence-corrected chi connectivity index (χ2v) is 5.80. The molecular weight excluding hydrogens is 250 g/mol. The van der Waals surface area contributed by atoms with Crippen molar-refractivity contribution >= 4 is 12.1 Å². The highest BCUT2D eigenvalue weighted by molar-refractivity contribution is 5.81. The molecule has 0 aliphatic carbocycles. The second kappa shape index (κ2) is 7.33. The lowest BCUT2D eigenvalue weighted by atomic mass is 10.1. The molecular formula is C13H25NO5. The number of carbonyl (C=O) groups is 2. The van der Waals surface area contributed by atoms with E-state index in [0.717, 1.165) is 0 Å². The van der Waals surface area contributed by atoms with E-state index in [0.29, 0.717) is 0 Å². The fraction of sp³-hybridized carbons (Fsp3) is 0.846. The fourth-order valence-electron chi connectivity index (χ4n) is 1.24. The smallest absolute Gasteiger partial charge is 0.408 e. The highest BCUT2D eigenvalue weighted by Crippen LogP contribution is 2.10. The van der Waals surface area contributed by atoms with Crippen molar-refractivity contribution in [2.75, 3.05) is 6.61 Å². The molecule has 0 rings (SSSR count). The summed E-state index contributed by atoms with van der Waals surface area (Å²) in [5, 5.41) is 11.3. The number of rotatable bonds is 5. The van der Waals surface area contributed by atoms with Crippen molar-refractivity contribution in [3.8, 4) is 0 Å². The van der Waals surface area contributed by atoms with Crippen LogP contribution >= 0.6 is 0 Å². The Hall–Kier alpha value is -1.30. The summed E-state index contributed by atoms with van der Waals surface area (Å²) in [7, 11) is 0. The van der Waals surface area contributed by atoms with E-state index in [1.807, 2.05) is 0 Å². The number of hydrogen-bond acceptors (Lipinski definition) is 5. The zero-order valence-corrected chi connectivity index (χ0v) is 12.5. The molecule has 0 spiro atoms. The SMILES string of the molecule is CC(CO)OC(=O)[C@@H](NC(=O)OC(C)(C)C)C(C)C. The van der Waals surface area contributed by atoms with Crippen molar-refractivity contribution in [2.45, 2.75) is 59.3 Å². The minimum Gasteiger partial charge on any atom is -0.459 e. The van der Waals surface area contributed by atoms with Crippen molar-refractivity contribution in [3.63, 3.8) is 0 Å². The largest absolute Gasteiger partial charge is 0.459 e. The number of esters is 1. The lowest BCUT2D eigenvalue weighted by Crippen LogP contribution is -2.48. The number of aliphatic hydroxyl groups excluding tert-OH is 1. The Labute approximate surface area is 114 Å². The van der Waals surface area contributed by atoms with Gasteiger partial charge in [-0.25, -0.2) is 9.59 Å². The predicted molar refractivity (Wildman–Crippen MR) is 70.6 cm³/mol. The zero-order chi connectivity index (χ0) is 15.2. The van der Waals surface area contributed by atoms with Gasteiger partial charge >= 0.3 is 12.1 Å². The van der Waals surface area contributed by atoms with Crippen molar-refractivity contribution in [1.82, 2.24) is 5.32 Å². The van der Waals surface area contributed by atoms with Crippen molar-refractivity contribution in [1.29, 1.82) is 0 Å². The molecule has 2 N–H and O–H groups in total. The average Bonchev–Trinajstić information content (AvgIpc) is 2.22. The molecule has 0 radical (unpaired) electrons. The Morgan fingerprint density at radius 2 is 1.74 bits per heavy atom. The Kier molecular flexibility index (Phi) is 6.83. The minimum atomic E-state index is -0.802. The van der Waals surface area contributed by atoms with Crippen LogP contribution in [0.15, 0.2) is 0 Å². The van der Waals surface area contributed by atoms with Crippen LogP contribution in [0.1, 0.15) is 41.5 Å². The average molecular weight is 275 g/mol. The highest BCUT2D eigenvalue weighted by Gasteiger charge is 2.29. The van der Waals surface area contributed by atoms with E-state index in [4.69, 9.17) is 14.6 Å². The van der Waals surface area contributed by atoms with Crippen LogP contribution in [0, 0.1) is 5.92 Å². The molecule has 19 heavy (non-hydrogen) atoms. The van der Waals surface area contributed by atoms with Crippen LogP contribution in [0.3, 0.4) is 0 Å². The summed E-state index contributed by atoms with van der Waals surface area (Å²) in [6.45, 7) is 10.1. The van der Waals surface area contributed by atoms with Crippen LogP contribution in [-0.4, -0.2) is 41.5 Å². The Morgan fingerprint density at radius 1 is 1.21 bits per heavy atom. The maximum absolute atomic E-state index is 11.9. The van der Waals surface area contributed by atoms with Crippen LogP contribution in [0.25, 0.3) is 0 Å². The molecule has 0 saturated heterocycles. The van der Waals surface area contributed by atoms with E-state index in [1.165, 1.54) is 0 Å². The molecule has 0 aliphatic heterocycles. The third-order valence-corrected chi connectivity index (χ3v) is 2.17. The number of alkyl carbamates (subject to hydrolysis) is 1. The molecule has 0 aliphatic rings. The first-order valence-electron chi connectivity index (χ1n) is 6.37. The van der Waals surface area contributed by atoms with Crippen LogP contribution in [0.2, 0.25) is 0 Å². The van der Waals surface area contributed by atoms with Gasteiger partial charge in [0.15, 0.2) is 0 Å². The lowest BCUT2D eigenvalue weighted by Gasteiger charge is -2.25. The number of ether oxygens (including phenoxy) is 2. The summed E-state index contributed by atoms with van der Waals surface area (Å²) < 4.78 is 10.1. The molecule has 0 fully saturated rings. The topological polar surface area (TPSA) is 84.9 Å². The Morgan fingerprint density at radius 3 is 2.11 bits per heavy atom. The summed E-state index contributed by atoms with van der Waals surface area (Å²) in [5.41, 5.74) is -0.631. The van der Waals surface area contributed by atoms with Crippen molar-refractivity contribution in [2.24, 2.45) is 5.92 Å². The molecule has 0 saturated carbocycles. The second-order valence-electron chi connectivity index (χ2n) is 5.80. The molecule has 0 aromatic carbocycles. The van der Waals surface area contributed by atoms with Gasteiger partial charge in [-0.05, 0) is 33.6 Å². The molecule has 0 bridgehead atoms. The monoisotopic (exact) mass is 275 g/mol. The van der Waals surface area contributed by atoms with E-state index < -0.39 is 29.8 Å². The third-order valence-electron chi connectivity index (χ3n) is 2.17. The summed E-state index contributed by atoms with van der Waals surface area (Å²) in [6, 6.07) is -0.802. The quantitative estimate of drug-likeness (QED) is 0.742. The van der Waals surface area contributed by atoms with Crippen molar-refractivity contribution < 1.29 is 24.2 Å². The van der Waals surface area contributed by atoms with Gasteiger partial charge in [-0.2, -0.15) is 0 Å². The Bertz CT molecular complexity index is 309. The molecule has 0 heterocycles. The first kappa shape index (κ1) is 17.7. The lowest BCUT2D eigenvalue weighted by molar-refractivity contribution is -0.153. The fourth-order valence-corrected chi connectivity index (χ4v) is 1.24.